The van der Waals surface area contributed by atoms with E-state index in [4.69, 9.17) is 9.47 Å². The minimum atomic E-state index is -0.137. The van der Waals surface area contributed by atoms with Crippen molar-refractivity contribution in [1.29, 1.82) is 0 Å². The van der Waals surface area contributed by atoms with Crippen molar-refractivity contribution < 1.29 is 14.8 Å². The first kappa shape index (κ1) is 14.6. The molecule has 2 aromatic rings. The molecule has 1 atom stereocenters. The Kier molecular flexibility index (Phi) is 4.29. The van der Waals surface area contributed by atoms with Crippen molar-refractivity contribution in [1.82, 2.24) is 4.98 Å². The number of aromatic nitrogens is 1. The summed E-state index contributed by atoms with van der Waals surface area (Å²) in [6.45, 7) is 2.98. The highest BCUT2D eigenvalue weighted by Gasteiger charge is 2.27. The molecule has 0 spiro atoms. The zero-order valence-corrected chi connectivity index (χ0v) is 13.1. The summed E-state index contributed by atoms with van der Waals surface area (Å²) < 4.78 is 10.6. The molecule has 0 fully saturated rings. The Balaban J connectivity index is 1.86. The smallest absolute Gasteiger partial charge is 0.206 e. The maximum atomic E-state index is 5.29. The van der Waals surface area contributed by atoms with Gasteiger partial charge in [-0.15, -0.1) is 0 Å². The molecule has 0 amide bonds. The van der Waals surface area contributed by atoms with Crippen molar-refractivity contribution >= 4 is 10.9 Å². The number of ether oxygens (including phenoxy) is 2. The number of fused-ring (bicyclic) bond motifs is 3. The summed E-state index contributed by atoms with van der Waals surface area (Å²) in [7, 11) is 3.39. The fraction of sp³-hybridized carbons (Fsp3) is 0.529. The lowest BCUT2D eigenvalue weighted by atomic mass is 9.91. The quantitative estimate of drug-likeness (QED) is 0.828. The Hall–Kier alpha value is -1.36. The molecular weight excluding hydrogens is 264 g/mol. The molecule has 0 aliphatic heterocycles. The number of nitrogens with two attached hydrogens (primary N) is 1. The predicted octanol–water partition coefficient (Wildman–Crippen LogP) is 2.04. The van der Waals surface area contributed by atoms with Crippen LogP contribution >= 0.6 is 0 Å². The van der Waals surface area contributed by atoms with Gasteiger partial charge in [-0.05, 0) is 37.5 Å². The summed E-state index contributed by atoms with van der Waals surface area (Å²) >= 11 is 0. The van der Waals surface area contributed by atoms with Crippen molar-refractivity contribution in [2.24, 2.45) is 0 Å². The van der Waals surface area contributed by atoms with Crippen LogP contribution in [0.2, 0.25) is 0 Å². The van der Waals surface area contributed by atoms with E-state index in [1.165, 1.54) is 47.0 Å². The Morgan fingerprint density at radius 1 is 1.33 bits per heavy atom. The lowest BCUT2D eigenvalue weighted by Crippen LogP contribution is -2.87. The fourth-order valence-electron chi connectivity index (χ4n) is 3.41. The molecule has 3 N–H and O–H groups in total. The van der Waals surface area contributed by atoms with Crippen LogP contribution < -0.4 is 5.32 Å². The topological polar surface area (TPSA) is 50.9 Å². The SMILES string of the molecule is COC(C[NH2+]C1CCCc2c1[nH]c1ccc(C)cc21)OC. The van der Waals surface area contributed by atoms with Gasteiger partial charge in [0.25, 0.3) is 0 Å². The van der Waals surface area contributed by atoms with Gasteiger partial charge < -0.3 is 19.8 Å². The minimum Gasteiger partial charge on any atom is -0.353 e. The van der Waals surface area contributed by atoms with E-state index in [2.05, 4.69) is 35.4 Å². The summed E-state index contributed by atoms with van der Waals surface area (Å²) in [6.07, 6.45) is 3.50. The maximum absolute atomic E-state index is 5.29. The van der Waals surface area contributed by atoms with Gasteiger partial charge in [0.15, 0.2) is 0 Å². The monoisotopic (exact) mass is 289 g/mol. The van der Waals surface area contributed by atoms with Gasteiger partial charge in [0.05, 0.1) is 5.69 Å². The number of nitrogens with one attached hydrogen (secondary N) is 1. The third kappa shape index (κ3) is 2.84. The van der Waals surface area contributed by atoms with E-state index in [0.29, 0.717) is 6.04 Å². The van der Waals surface area contributed by atoms with Crippen LogP contribution in [0.15, 0.2) is 18.2 Å². The Morgan fingerprint density at radius 2 is 2.14 bits per heavy atom. The zero-order valence-electron chi connectivity index (χ0n) is 13.1. The second-order valence-corrected chi connectivity index (χ2v) is 5.94. The summed E-state index contributed by atoms with van der Waals surface area (Å²) in [5, 5.41) is 3.75. The number of H-pyrrole nitrogens is 1. The summed E-state index contributed by atoms with van der Waals surface area (Å²) in [5.41, 5.74) is 5.50. The number of methoxy groups -OCH3 is 2. The van der Waals surface area contributed by atoms with Crippen LogP contribution in [0, 0.1) is 6.92 Å². The molecule has 1 aliphatic rings. The van der Waals surface area contributed by atoms with Gasteiger partial charge in [-0.2, -0.15) is 0 Å². The van der Waals surface area contributed by atoms with Crippen molar-refractivity contribution in [2.45, 2.75) is 38.5 Å². The number of aromatic amines is 1. The summed E-state index contributed by atoms with van der Waals surface area (Å²) in [4.78, 5) is 3.64. The van der Waals surface area contributed by atoms with E-state index in [1.807, 2.05) is 0 Å². The lowest BCUT2D eigenvalue weighted by molar-refractivity contribution is -0.708. The molecule has 0 saturated heterocycles. The van der Waals surface area contributed by atoms with Gasteiger partial charge in [0, 0.05) is 31.5 Å². The molecule has 0 bridgehead atoms. The van der Waals surface area contributed by atoms with Crippen LogP contribution in [-0.4, -0.2) is 32.0 Å². The molecular formula is C17H25N2O2+. The number of aryl methyl sites for hydroxylation is 2. The molecule has 1 unspecified atom stereocenters. The van der Waals surface area contributed by atoms with Crippen molar-refractivity contribution in [3.8, 4) is 0 Å². The number of benzene rings is 1. The van der Waals surface area contributed by atoms with E-state index in [9.17, 15) is 0 Å². The Labute approximate surface area is 125 Å². The number of rotatable bonds is 5. The number of hydrogen-bond donors (Lipinski definition) is 2. The first-order valence-electron chi connectivity index (χ1n) is 7.73. The van der Waals surface area contributed by atoms with Crippen LogP contribution in [0.4, 0.5) is 0 Å². The van der Waals surface area contributed by atoms with E-state index in [-0.39, 0.29) is 6.29 Å². The molecule has 4 heteroatoms. The third-order valence-corrected chi connectivity index (χ3v) is 4.55. The highest BCUT2D eigenvalue weighted by atomic mass is 16.7. The van der Waals surface area contributed by atoms with E-state index in [1.54, 1.807) is 14.2 Å². The van der Waals surface area contributed by atoms with E-state index < -0.39 is 0 Å². The molecule has 4 nitrogen and oxygen atoms in total. The molecule has 3 rings (SSSR count). The van der Waals surface area contributed by atoms with Gasteiger partial charge >= 0.3 is 0 Å². The van der Waals surface area contributed by atoms with Crippen LogP contribution in [-0.2, 0) is 15.9 Å². The average molecular weight is 289 g/mol. The van der Waals surface area contributed by atoms with Gasteiger partial charge in [0.1, 0.15) is 12.6 Å². The summed E-state index contributed by atoms with van der Waals surface area (Å²) in [5.74, 6) is 0. The molecule has 1 heterocycles. The first-order chi connectivity index (χ1) is 10.2. The molecule has 0 saturated carbocycles. The Bertz CT molecular complexity index is 617. The molecule has 0 radical (unpaired) electrons. The van der Waals surface area contributed by atoms with Crippen molar-refractivity contribution in [3.63, 3.8) is 0 Å². The number of hydrogen-bond acceptors (Lipinski definition) is 2. The highest BCUT2D eigenvalue weighted by molar-refractivity contribution is 5.85. The van der Waals surface area contributed by atoms with Crippen LogP contribution in [0.1, 0.15) is 35.7 Å². The van der Waals surface area contributed by atoms with Crippen LogP contribution in [0.3, 0.4) is 0 Å². The maximum Gasteiger partial charge on any atom is 0.206 e. The van der Waals surface area contributed by atoms with Crippen molar-refractivity contribution in [2.75, 3.05) is 20.8 Å². The largest absolute Gasteiger partial charge is 0.353 e. The zero-order chi connectivity index (χ0) is 14.8. The fourth-order valence-corrected chi connectivity index (χ4v) is 3.41. The second kappa shape index (κ2) is 6.18. The standard InChI is InChI=1S/C17H24N2O2/c1-11-7-8-14-13(9-11)12-5-4-6-15(17(12)19-14)18-10-16(20-2)21-3/h7-9,15-16,18-19H,4-6,10H2,1-3H3/p+1. The molecule has 1 aromatic heterocycles. The Morgan fingerprint density at radius 3 is 2.90 bits per heavy atom. The van der Waals surface area contributed by atoms with Gasteiger partial charge in [-0.1, -0.05) is 11.6 Å². The van der Waals surface area contributed by atoms with Gasteiger partial charge in [-0.3, -0.25) is 0 Å². The number of quaternary nitrogens is 1. The normalized spacial score (nSPS) is 18.4. The van der Waals surface area contributed by atoms with Crippen molar-refractivity contribution in [3.05, 3.63) is 35.0 Å². The molecule has 1 aromatic carbocycles. The third-order valence-electron chi connectivity index (χ3n) is 4.55. The highest BCUT2D eigenvalue weighted by Crippen LogP contribution is 2.33. The average Bonchev–Trinajstić information content (AvgIpc) is 2.87. The first-order valence-corrected chi connectivity index (χ1v) is 7.73. The van der Waals surface area contributed by atoms with Gasteiger partial charge in [0.2, 0.25) is 6.29 Å². The predicted molar refractivity (Wildman–Crippen MR) is 83.3 cm³/mol. The summed E-state index contributed by atoms with van der Waals surface area (Å²) in [6, 6.07) is 7.16. The molecule has 114 valence electrons. The van der Waals surface area contributed by atoms with E-state index >= 15 is 0 Å². The molecule has 1 aliphatic carbocycles. The molecule has 21 heavy (non-hydrogen) atoms. The minimum absolute atomic E-state index is 0.137. The van der Waals surface area contributed by atoms with Gasteiger partial charge in [-0.25, -0.2) is 0 Å². The van der Waals surface area contributed by atoms with E-state index in [0.717, 1.165) is 6.54 Å². The lowest BCUT2D eigenvalue weighted by Gasteiger charge is -2.22. The van der Waals surface area contributed by atoms with Crippen LogP contribution in [0.25, 0.3) is 10.9 Å². The second-order valence-electron chi connectivity index (χ2n) is 5.94. The van der Waals surface area contributed by atoms with Crippen LogP contribution in [0.5, 0.6) is 0 Å².